The number of amides is 2. The van der Waals surface area contributed by atoms with E-state index in [0.717, 1.165) is 6.07 Å². The second-order valence-corrected chi connectivity index (χ2v) is 10.9. The fourth-order valence-electron chi connectivity index (χ4n) is 6.26. The molecule has 1 aromatic carbocycles. The molecule has 5 heterocycles. The SMILES string of the molecule is Cc1nc2ccc(C34CCN(Cc5cc(C(F)(F)F)nn5C)CC3(C)O4)c(F)c2cc1C1CCC(=O)NC1=O. The quantitative estimate of drug-likeness (QED) is 0.304. The van der Waals surface area contributed by atoms with Crippen molar-refractivity contribution in [3.05, 3.63) is 58.3 Å². The maximum Gasteiger partial charge on any atom is 0.435 e. The van der Waals surface area contributed by atoms with Crippen LogP contribution in [0.1, 0.15) is 60.3 Å². The molecule has 0 spiro atoms. The predicted molar refractivity (Wildman–Crippen MR) is 131 cm³/mol. The van der Waals surface area contributed by atoms with E-state index in [9.17, 15) is 22.8 Å². The number of aromatic nitrogens is 3. The van der Waals surface area contributed by atoms with Crippen LogP contribution in [0.15, 0.2) is 24.3 Å². The van der Waals surface area contributed by atoms with E-state index in [1.165, 1.54) is 11.7 Å². The maximum atomic E-state index is 16.1. The minimum Gasteiger partial charge on any atom is -0.356 e. The Kier molecular flexibility index (Phi) is 5.68. The Morgan fingerprint density at radius 1 is 1.23 bits per heavy atom. The molecule has 3 atom stereocenters. The molecule has 3 saturated heterocycles. The van der Waals surface area contributed by atoms with Crippen molar-refractivity contribution < 1.29 is 31.9 Å². The third-order valence-electron chi connectivity index (χ3n) is 8.38. The summed E-state index contributed by atoms with van der Waals surface area (Å²) in [6, 6.07) is 6.14. The fourth-order valence-corrected chi connectivity index (χ4v) is 6.26. The zero-order valence-corrected chi connectivity index (χ0v) is 21.7. The van der Waals surface area contributed by atoms with Gasteiger partial charge >= 0.3 is 6.18 Å². The summed E-state index contributed by atoms with van der Waals surface area (Å²) in [4.78, 5) is 30.6. The maximum absolute atomic E-state index is 16.1. The topological polar surface area (TPSA) is 92.7 Å². The molecule has 3 unspecified atom stereocenters. The van der Waals surface area contributed by atoms with E-state index in [4.69, 9.17) is 4.74 Å². The zero-order chi connectivity index (χ0) is 27.9. The molecule has 0 saturated carbocycles. The summed E-state index contributed by atoms with van der Waals surface area (Å²) in [5.74, 6) is -1.79. The van der Waals surface area contributed by atoms with Crippen molar-refractivity contribution in [1.82, 2.24) is 25.0 Å². The number of pyridine rings is 1. The number of ether oxygens (including phenoxy) is 1. The molecule has 0 bridgehead atoms. The van der Waals surface area contributed by atoms with Crippen molar-refractivity contribution in [2.45, 2.75) is 63.0 Å². The number of fused-ring (bicyclic) bond motifs is 2. The summed E-state index contributed by atoms with van der Waals surface area (Å²) < 4.78 is 62.8. The van der Waals surface area contributed by atoms with Crippen molar-refractivity contribution >= 4 is 22.7 Å². The number of carbonyl (C=O) groups excluding carboxylic acids is 2. The standard InChI is InChI=1S/C27H27F4N5O3/c1-14-17(16-4-7-22(37)33-24(16)38)11-18-20(32-14)6-5-19(23(18)28)26-8-9-36(13-25(26,2)39-26)12-15-10-21(27(29,30)31)34-35(15)3/h5-6,10-11,16H,4,7-9,12-13H2,1-3H3,(H,33,37,38). The number of nitrogens with zero attached hydrogens (tertiary/aromatic N) is 4. The smallest absolute Gasteiger partial charge is 0.356 e. The minimum atomic E-state index is -4.52. The van der Waals surface area contributed by atoms with Gasteiger partial charge in [-0.05, 0) is 50.5 Å². The fraction of sp³-hybridized carbons (Fsp3) is 0.481. The third-order valence-corrected chi connectivity index (χ3v) is 8.38. The molecule has 1 N–H and O–H groups in total. The number of epoxide rings is 1. The van der Waals surface area contributed by atoms with Crippen molar-refractivity contribution in [3.8, 4) is 0 Å². The van der Waals surface area contributed by atoms with Gasteiger partial charge in [0.25, 0.3) is 0 Å². The molecule has 3 aliphatic heterocycles. The summed E-state index contributed by atoms with van der Waals surface area (Å²) in [5, 5.41) is 6.21. The van der Waals surface area contributed by atoms with Crippen LogP contribution in [0.2, 0.25) is 0 Å². The molecular formula is C27H27F4N5O3. The first-order valence-electron chi connectivity index (χ1n) is 12.8. The Bertz CT molecular complexity index is 1540. The number of nitrogens with one attached hydrogen (secondary N) is 1. The average Bonchev–Trinajstić information content (AvgIpc) is 3.31. The van der Waals surface area contributed by atoms with Gasteiger partial charge in [-0.3, -0.25) is 29.5 Å². The second kappa shape index (κ2) is 8.56. The van der Waals surface area contributed by atoms with E-state index >= 15 is 4.39 Å². The van der Waals surface area contributed by atoms with Gasteiger partial charge in [-0.1, -0.05) is 6.07 Å². The number of benzene rings is 1. The third kappa shape index (κ3) is 4.11. The van der Waals surface area contributed by atoms with Crippen LogP contribution in [-0.4, -0.2) is 50.2 Å². The normalized spacial score (nSPS) is 27.5. The van der Waals surface area contributed by atoms with E-state index in [2.05, 4.69) is 15.4 Å². The highest BCUT2D eigenvalue weighted by Gasteiger charge is 2.70. The molecule has 12 heteroatoms. The largest absolute Gasteiger partial charge is 0.435 e. The van der Waals surface area contributed by atoms with Crippen LogP contribution >= 0.6 is 0 Å². The number of halogens is 4. The monoisotopic (exact) mass is 545 g/mol. The molecule has 39 heavy (non-hydrogen) atoms. The zero-order valence-electron chi connectivity index (χ0n) is 21.7. The van der Waals surface area contributed by atoms with Crippen molar-refractivity contribution in [1.29, 1.82) is 0 Å². The highest BCUT2D eigenvalue weighted by atomic mass is 19.4. The molecular weight excluding hydrogens is 518 g/mol. The van der Waals surface area contributed by atoms with Gasteiger partial charge in [0.1, 0.15) is 17.0 Å². The molecule has 3 fully saturated rings. The number of piperidine rings is 2. The molecule has 0 radical (unpaired) electrons. The van der Waals surface area contributed by atoms with Crippen molar-refractivity contribution in [3.63, 3.8) is 0 Å². The second-order valence-electron chi connectivity index (χ2n) is 10.9. The lowest BCUT2D eigenvalue weighted by Gasteiger charge is -2.32. The van der Waals surface area contributed by atoms with Crippen LogP contribution < -0.4 is 5.32 Å². The van der Waals surface area contributed by atoms with Crippen LogP contribution in [-0.2, 0) is 39.7 Å². The lowest BCUT2D eigenvalue weighted by Crippen LogP contribution is -2.44. The van der Waals surface area contributed by atoms with E-state index < -0.39 is 40.7 Å². The number of aryl methyl sites for hydroxylation is 2. The highest BCUT2D eigenvalue weighted by Crippen LogP contribution is 2.61. The number of alkyl halides is 3. The number of imide groups is 1. The number of likely N-dealkylation sites (tertiary alicyclic amines) is 1. The summed E-state index contributed by atoms with van der Waals surface area (Å²) in [7, 11) is 1.48. The molecule has 3 aliphatic rings. The first kappa shape index (κ1) is 25.9. The van der Waals surface area contributed by atoms with Crippen LogP contribution in [0, 0.1) is 12.7 Å². The number of hydrogen-bond acceptors (Lipinski definition) is 6. The molecule has 3 aromatic rings. The van der Waals surface area contributed by atoms with Gasteiger partial charge in [0.2, 0.25) is 11.8 Å². The van der Waals surface area contributed by atoms with Gasteiger partial charge < -0.3 is 4.74 Å². The number of carbonyl (C=O) groups is 2. The molecule has 2 aromatic heterocycles. The molecule has 8 nitrogen and oxygen atoms in total. The van der Waals surface area contributed by atoms with Gasteiger partial charge in [0.05, 0.1) is 17.1 Å². The first-order valence-corrected chi connectivity index (χ1v) is 12.8. The van der Waals surface area contributed by atoms with E-state index in [1.54, 1.807) is 25.1 Å². The Labute approximate surface area is 221 Å². The Hall–Kier alpha value is -3.38. The lowest BCUT2D eigenvalue weighted by atomic mass is 9.80. The van der Waals surface area contributed by atoms with Crippen molar-refractivity contribution in [2.75, 3.05) is 13.1 Å². The van der Waals surface area contributed by atoms with E-state index in [1.807, 2.05) is 11.8 Å². The van der Waals surface area contributed by atoms with Gasteiger partial charge in [0, 0.05) is 49.7 Å². The van der Waals surface area contributed by atoms with Gasteiger partial charge in [-0.25, -0.2) is 4.39 Å². The molecule has 6 rings (SSSR count). The minimum absolute atomic E-state index is 0.207. The number of rotatable bonds is 4. The first-order chi connectivity index (χ1) is 18.3. The number of hydrogen-bond donors (Lipinski definition) is 1. The Morgan fingerprint density at radius 3 is 2.67 bits per heavy atom. The molecule has 0 aliphatic carbocycles. The summed E-state index contributed by atoms with van der Waals surface area (Å²) >= 11 is 0. The highest BCUT2D eigenvalue weighted by molar-refractivity contribution is 6.01. The van der Waals surface area contributed by atoms with Gasteiger partial charge in [-0.15, -0.1) is 0 Å². The Morgan fingerprint density at radius 2 is 2.00 bits per heavy atom. The lowest BCUT2D eigenvalue weighted by molar-refractivity contribution is -0.141. The molecule has 206 valence electrons. The average molecular weight is 546 g/mol. The summed E-state index contributed by atoms with van der Waals surface area (Å²) in [5.41, 5.74) is -0.0513. The van der Waals surface area contributed by atoms with Crippen molar-refractivity contribution in [2.24, 2.45) is 7.05 Å². The molecule has 2 amide bonds. The van der Waals surface area contributed by atoms with Crippen LogP contribution in [0.4, 0.5) is 17.6 Å². The van der Waals surface area contributed by atoms with Gasteiger partial charge in [0.15, 0.2) is 5.69 Å². The predicted octanol–water partition coefficient (Wildman–Crippen LogP) is 3.84. The summed E-state index contributed by atoms with van der Waals surface area (Å²) in [6.07, 6.45) is -3.52. The van der Waals surface area contributed by atoms with Crippen LogP contribution in [0.25, 0.3) is 10.9 Å². The summed E-state index contributed by atoms with van der Waals surface area (Å²) in [6.45, 7) is 4.81. The van der Waals surface area contributed by atoms with Crippen LogP contribution in [0.3, 0.4) is 0 Å². The van der Waals surface area contributed by atoms with Crippen LogP contribution in [0.5, 0.6) is 0 Å². The Balaban J connectivity index is 1.27. The van der Waals surface area contributed by atoms with E-state index in [-0.39, 0.29) is 24.3 Å². The van der Waals surface area contributed by atoms with E-state index in [0.29, 0.717) is 54.0 Å². The van der Waals surface area contributed by atoms with Gasteiger partial charge in [-0.2, -0.15) is 18.3 Å².